The van der Waals surface area contributed by atoms with Crippen LogP contribution in [0.5, 0.6) is 5.75 Å². The zero-order valence-electron chi connectivity index (χ0n) is 23.6. The van der Waals surface area contributed by atoms with E-state index in [1.165, 1.54) is 11.0 Å². The van der Waals surface area contributed by atoms with Crippen LogP contribution in [-0.4, -0.2) is 93.7 Å². The molecule has 4 atom stereocenters. The van der Waals surface area contributed by atoms with Crippen molar-refractivity contribution < 1.29 is 39.2 Å². The largest absolute Gasteiger partial charge is 0.508 e. The number of carbonyl (C=O) groups is 3. The summed E-state index contributed by atoms with van der Waals surface area (Å²) in [6.45, 7) is 0.430. The first-order chi connectivity index (χ1) is 19.8. The van der Waals surface area contributed by atoms with Crippen LogP contribution in [0.4, 0.5) is 4.39 Å². The van der Waals surface area contributed by atoms with Gasteiger partial charge in [0.1, 0.15) is 29.5 Å². The van der Waals surface area contributed by atoms with Crippen LogP contribution in [0.15, 0.2) is 53.3 Å². The molecule has 1 saturated carbocycles. The fraction of sp³-hybridized carbons (Fsp3) is 0.387. The Labute approximate surface area is 242 Å². The maximum Gasteiger partial charge on any atom is 0.255 e. The summed E-state index contributed by atoms with van der Waals surface area (Å²) in [6.07, 6.45) is 0.208. The number of hydrogen-bond acceptors (Lipinski definition) is 9. The number of aliphatic hydroxyl groups is 3. The van der Waals surface area contributed by atoms with Gasteiger partial charge in [-0.05, 0) is 68.2 Å². The van der Waals surface area contributed by atoms with Crippen molar-refractivity contribution in [2.45, 2.75) is 31.0 Å². The summed E-state index contributed by atoms with van der Waals surface area (Å²) >= 11 is 0. The number of halogens is 1. The Morgan fingerprint density at radius 1 is 1.07 bits per heavy atom. The predicted molar refractivity (Wildman–Crippen MR) is 152 cm³/mol. The van der Waals surface area contributed by atoms with Crippen LogP contribution < -0.4 is 5.73 Å². The molecular formula is C31H34FN3O7. The molecule has 6 N–H and O–H groups in total. The molecule has 10 nitrogen and oxygen atoms in total. The summed E-state index contributed by atoms with van der Waals surface area (Å²) in [4.78, 5) is 42.7. The maximum atomic E-state index is 14.0. The van der Waals surface area contributed by atoms with Crippen molar-refractivity contribution in [2.24, 2.45) is 17.6 Å². The van der Waals surface area contributed by atoms with Gasteiger partial charge in [0.05, 0.1) is 11.6 Å². The standard InChI is InChI=1S/C31H34FN3O7/c1-34(2)25-20-13-17-12-19-18(16-6-4-15(5-7-16)14-35(3)11-10-32)8-9-21(36)23(19)26(37)22(17)28(39)31(20,42)29(40)24(27(25)38)30(33)41/h4-9,17,20,25,36-37,40,42H,10-14H2,1-3H3,(H2,33,41)/t17-,20-,25?,31-/m0/s1. The Hall–Kier alpha value is -4.06. The lowest BCUT2D eigenvalue weighted by Crippen LogP contribution is -2.65. The molecule has 0 aromatic heterocycles. The van der Waals surface area contributed by atoms with Crippen LogP contribution in [0.2, 0.25) is 0 Å². The Morgan fingerprint density at radius 3 is 2.33 bits per heavy atom. The van der Waals surface area contributed by atoms with E-state index in [9.17, 15) is 39.2 Å². The minimum atomic E-state index is -2.68. The number of Topliss-reactive ketones (excluding diaryl/α,β-unsaturated/α-hetero) is 2. The monoisotopic (exact) mass is 579 g/mol. The fourth-order valence-corrected chi connectivity index (χ4v) is 6.84. The van der Waals surface area contributed by atoms with Gasteiger partial charge < -0.3 is 26.2 Å². The van der Waals surface area contributed by atoms with Crippen LogP contribution in [0.25, 0.3) is 16.9 Å². The van der Waals surface area contributed by atoms with E-state index in [1.807, 2.05) is 36.2 Å². The van der Waals surface area contributed by atoms with Crippen molar-refractivity contribution in [1.82, 2.24) is 9.80 Å². The van der Waals surface area contributed by atoms with Crippen LogP contribution >= 0.6 is 0 Å². The third-order valence-electron chi connectivity index (χ3n) is 8.79. The number of primary amides is 1. The number of ketones is 2. The number of carbonyl (C=O) groups excluding carboxylic acids is 3. The number of nitrogens with zero attached hydrogens (tertiary/aromatic N) is 2. The van der Waals surface area contributed by atoms with E-state index in [1.54, 1.807) is 20.2 Å². The quantitative estimate of drug-likeness (QED) is 0.309. The van der Waals surface area contributed by atoms with E-state index in [-0.39, 0.29) is 29.7 Å². The molecule has 0 bridgehead atoms. The van der Waals surface area contributed by atoms with Gasteiger partial charge in [0.15, 0.2) is 11.4 Å². The predicted octanol–water partition coefficient (Wildman–Crippen LogP) is 2.03. The summed E-state index contributed by atoms with van der Waals surface area (Å²) in [6, 6.07) is 9.59. The lowest BCUT2D eigenvalue weighted by atomic mass is 9.57. The summed E-state index contributed by atoms with van der Waals surface area (Å²) in [5.41, 5.74) is 4.76. The third-order valence-corrected chi connectivity index (χ3v) is 8.79. The molecule has 0 saturated heterocycles. The zero-order chi connectivity index (χ0) is 30.7. The number of phenols is 1. The number of alkyl halides is 1. The van der Waals surface area contributed by atoms with Crippen molar-refractivity contribution in [2.75, 3.05) is 34.4 Å². The summed E-state index contributed by atoms with van der Waals surface area (Å²) in [5.74, 6) is -6.85. The smallest absolute Gasteiger partial charge is 0.255 e. The molecule has 0 spiro atoms. The van der Waals surface area contributed by atoms with Gasteiger partial charge in [-0.3, -0.25) is 24.2 Å². The molecule has 2 aromatic rings. The molecular weight excluding hydrogens is 545 g/mol. The highest BCUT2D eigenvalue weighted by Crippen LogP contribution is 2.53. The van der Waals surface area contributed by atoms with E-state index in [0.717, 1.165) is 11.1 Å². The number of nitrogens with two attached hydrogens (primary N) is 1. The molecule has 0 radical (unpaired) electrons. The van der Waals surface area contributed by atoms with E-state index < -0.39 is 64.7 Å². The average molecular weight is 580 g/mol. The van der Waals surface area contributed by atoms with E-state index in [2.05, 4.69) is 0 Å². The molecule has 1 amide bonds. The Balaban J connectivity index is 1.62. The highest BCUT2D eigenvalue weighted by molar-refractivity contribution is 6.24. The molecule has 1 fully saturated rings. The summed E-state index contributed by atoms with van der Waals surface area (Å²) < 4.78 is 12.7. The maximum absolute atomic E-state index is 14.0. The molecule has 1 unspecified atom stereocenters. The zero-order valence-corrected chi connectivity index (χ0v) is 23.6. The second kappa shape index (κ2) is 10.6. The van der Waals surface area contributed by atoms with Crippen molar-refractivity contribution in [1.29, 1.82) is 0 Å². The van der Waals surface area contributed by atoms with Crippen molar-refractivity contribution in [3.8, 4) is 16.9 Å². The van der Waals surface area contributed by atoms with Gasteiger partial charge in [0.25, 0.3) is 5.91 Å². The second-order valence-electron chi connectivity index (χ2n) is 11.6. The minimum absolute atomic E-state index is 0.0146. The fourth-order valence-electron chi connectivity index (χ4n) is 6.84. The Kier molecular flexibility index (Phi) is 7.46. The van der Waals surface area contributed by atoms with Gasteiger partial charge in [-0.2, -0.15) is 0 Å². The summed E-state index contributed by atoms with van der Waals surface area (Å²) in [5, 5.41) is 44.9. The normalized spacial score (nSPS) is 25.5. The van der Waals surface area contributed by atoms with Crippen LogP contribution in [-0.2, 0) is 27.3 Å². The number of aliphatic hydroxyl groups excluding tert-OH is 2. The Morgan fingerprint density at radius 2 is 1.74 bits per heavy atom. The number of benzene rings is 2. The van der Waals surface area contributed by atoms with E-state index in [4.69, 9.17) is 5.73 Å². The number of rotatable bonds is 7. The SMILES string of the molecule is CN(CCF)Cc1ccc(-c2ccc(O)c3c2C[C@H]2C[C@H]4C(N(C)C)C(=O)C(C(N)=O)=C(O)[C@@]4(O)C(=O)C2=C3O)cc1. The van der Waals surface area contributed by atoms with E-state index >= 15 is 0 Å². The van der Waals surface area contributed by atoms with Crippen LogP contribution in [0.3, 0.4) is 0 Å². The number of hydrogen-bond donors (Lipinski definition) is 5. The van der Waals surface area contributed by atoms with Crippen LogP contribution in [0, 0.1) is 11.8 Å². The molecule has 0 heterocycles. The number of phenolic OH excluding ortho intramolecular Hbond substituents is 1. The number of fused-ring (bicyclic) bond motifs is 3. The van der Waals surface area contributed by atoms with Gasteiger partial charge >= 0.3 is 0 Å². The van der Waals surface area contributed by atoms with Gasteiger partial charge in [-0.25, -0.2) is 4.39 Å². The first-order valence-electron chi connectivity index (χ1n) is 13.7. The topological polar surface area (TPSA) is 165 Å². The van der Waals surface area contributed by atoms with Crippen LogP contribution in [0.1, 0.15) is 23.1 Å². The lowest BCUT2D eigenvalue weighted by Gasteiger charge is -2.50. The minimum Gasteiger partial charge on any atom is -0.508 e. The number of amides is 1. The average Bonchev–Trinajstić information content (AvgIpc) is 2.91. The third kappa shape index (κ3) is 4.39. The van der Waals surface area contributed by atoms with Gasteiger partial charge in [0, 0.05) is 24.6 Å². The molecule has 3 aliphatic carbocycles. The van der Waals surface area contributed by atoms with Gasteiger partial charge in [0.2, 0.25) is 5.78 Å². The highest BCUT2D eigenvalue weighted by Gasteiger charge is 2.64. The van der Waals surface area contributed by atoms with Crippen molar-refractivity contribution in [3.05, 3.63) is 70.0 Å². The molecule has 5 rings (SSSR count). The van der Waals surface area contributed by atoms with Crippen molar-refractivity contribution in [3.63, 3.8) is 0 Å². The lowest BCUT2D eigenvalue weighted by molar-refractivity contribution is -0.153. The first-order valence-corrected chi connectivity index (χ1v) is 13.7. The Bertz CT molecular complexity index is 1550. The molecule has 222 valence electrons. The summed E-state index contributed by atoms with van der Waals surface area (Å²) in [7, 11) is 4.94. The number of aromatic hydroxyl groups is 1. The second-order valence-corrected chi connectivity index (χ2v) is 11.6. The molecule has 0 aliphatic heterocycles. The van der Waals surface area contributed by atoms with Gasteiger partial charge in [-0.1, -0.05) is 30.3 Å². The molecule has 11 heteroatoms. The number of likely N-dealkylation sites (N-methyl/N-ethyl adjacent to an activating group) is 1. The van der Waals surface area contributed by atoms with E-state index in [0.29, 0.717) is 24.2 Å². The first kappa shape index (κ1) is 29.4. The highest BCUT2D eigenvalue weighted by atomic mass is 19.1. The van der Waals surface area contributed by atoms with Crippen molar-refractivity contribution >= 4 is 23.2 Å². The van der Waals surface area contributed by atoms with Gasteiger partial charge in [-0.15, -0.1) is 0 Å². The molecule has 42 heavy (non-hydrogen) atoms. The molecule has 2 aromatic carbocycles. The molecule has 3 aliphatic rings.